The average Bonchev–Trinajstić information content (AvgIpc) is 2.61. The van der Waals surface area contributed by atoms with Gasteiger partial charge < -0.3 is 4.74 Å². The molecule has 0 saturated heterocycles. The van der Waals surface area contributed by atoms with Crippen molar-refractivity contribution in [1.82, 2.24) is 0 Å². The Morgan fingerprint density at radius 1 is 0.760 bits per heavy atom. The van der Waals surface area contributed by atoms with E-state index < -0.39 is 9.85 Å². The highest BCUT2D eigenvalue weighted by Crippen LogP contribution is 2.19. The summed E-state index contributed by atoms with van der Waals surface area (Å²) in [6, 6.07) is 12.9. The fourth-order valence-electron chi connectivity index (χ4n) is 2.14. The quantitative estimate of drug-likeness (QED) is 0.407. The van der Waals surface area contributed by atoms with E-state index in [1.807, 2.05) is 0 Å². The van der Waals surface area contributed by atoms with Crippen LogP contribution < -0.4 is 0 Å². The molecule has 128 valence electrons. The van der Waals surface area contributed by atoms with E-state index in [1.165, 1.54) is 12.1 Å². The van der Waals surface area contributed by atoms with Crippen LogP contribution in [0.4, 0.5) is 11.4 Å². The Labute approximate surface area is 144 Å². The van der Waals surface area contributed by atoms with Crippen LogP contribution in [-0.2, 0) is 4.74 Å². The van der Waals surface area contributed by atoms with Gasteiger partial charge in [-0.1, -0.05) is 36.4 Å². The first-order valence-electron chi connectivity index (χ1n) is 7.47. The Bertz CT molecular complexity index is 747. The van der Waals surface area contributed by atoms with Crippen LogP contribution in [0.3, 0.4) is 0 Å². The second-order valence-corrected chi connectivity index (χ2v) is 4.97. The van der Waals surface area contributed by atoms with Gasteiger partial charge in [-0.2, -0.15) is 0 Å². The number of rotatable bonds is 8. The van der Waals surface area contributed by atoms with Crippen molar-refractivity contribution >= 4 is 23.5 Å². The van der Waals surface area contributed by atoms with Gasteiger partial charge in [0.25, 0.3) is 11.4 Å². The minimum absolute atomic E-state index is 0.0371. The lowest BCUT2D eigenvalue weighted by atomic mass is 10.1. The van der Waals surface area contributed by atoms with Gasteiger partial charge in [0.2, 0.25) is 0 Å². The molecule has 0 aliphatic heterocycles. The highest BCUT2D eigenvalue weighted by Gasteiger charge is 2.09. The molecule has 2 aromatic rings. The average molecular weight is 340 g/mol. The number of hydrogen-bond donors (Lipinski definition) is 0. The van der Waals surface area contributed by atoms with E-state index in [0.717, 1.165) is 0 Å². The van der Waals surface area contributed by atoms with Gasteiger partial charge in [0.05, 0.1) is 34.2 Å². The highest BCUT2D eigenvalue weighted by molar-refractivity contribution is 5.61. The number of nitro groups is 2. The molecule has 0 saturated carbocycles. The molecule has 2 aromatic carbocycles. The summed E-state index contributed by atoms with van der Waals surface area (Å²) in [5, 5.41) is 21.8. The van der Waals surface area contributed by atoms with Crippen LogP contribution in [0.25, 0.3) is 12.2 Å². The third-order valence-corrected chi connectivity index (χ3v) is 3.29. The molecule has 0 aliphatic carbocycles. The van der Waals surface area contributed by atoms with Crippen molar-refractivity contribution in [2.24, 2.45) is 0 Å². The summed E-state index contributed by atoms with van der Waals surface area (Å²) < 4.78 is 5.36. The first-order chi connectivity index (χ1) is 12.1. The Balaban J connectivity index is 1.85. The highest BCUT2D eigenvalue weighted by atomic mass is 16.6. The molecule has 0 heterocycles. The summed E-state index contributed by atoms with van der Waals surface area (Å²) in [6.07, 6.45) is 6.62. The summed E-state index contributed by atoms with van der Waals surface area (Å²) in [5.41, 5.74) is 1.09. The second-order valence-electron chi connectivity index (χ2n) is 4.97. The molecule has 0 fully saturated rings. The Kier molecular flexibility index (Phi) is 6.56. The van der Waals surface area contributed by atoms with Crippen molar-refractivity contribution in [2.45, 2.75) is 0 Å². The van der Waals surface area contributed by atoms with Crippen LogP contribution in [0.15, 0.2) is 60.7 Å². The van der Waals surface area contributed by atoms with E-state index >= 15 is 0 Å². The molecule has 0 radical (unpaired) electrons. The topological polar surface area (TPSA) is 95.5 Å². The fraction of sp³-hybridized carbons (Fsp3) is 0.111. The van der Waals surface area contributed by atoms with Crippen LogP contribution in [0.1, 0.15) is 11.1 Å². The SMILES string of the molecule is O=[N+]([O-])c1ccccc1C=CCOCC=Cc1ccccc1[N+](=O)[O-]. The van der Waals surface area contributed by atoms with Crippen LogP contribution in [-0.4, -0.2) is 23.1 Å². The third kappa shape index (κ3) is 5.36. The lowest BCUT2D eigenvalue weighted by Crippen LogP contribution is -1.93. The first-order valence-corrected chi connectivity index (χ1v) is 7.47. The lowest BCUT2D eigenvalue weighted by Gasteiger charge is -1.98. The molecule has 0 amide bonds. The van der Waals surface area contributed by atoms with Crippen LogP contribution in [0.2, 0.25) is 0 Å². The molecule has 0 N–H and O–H groups in total. The molecule has 2 rings (SSSR count). The van der Waals surface area contributed by atoms with Crippen molar-refractivity contribution in [3.8, 4) is 0 Å². The number of benzene rings is 2. The fourth-order valence-corrected chi connectivity index (χ4v) is 2.14. The van der Waals surface area contributed by atoms with E-state index in [0.29, 0.717) is 11.1 Å². The Morgan fingerprint density at radius 3 is 1.56 bits per heavy atom. The standard InChI is InChI=1S/C18H16N2O5/c21-19(22)17-11-3-1-7-15(17)9-5-13-25-14-6-10-16-8-2-4-12-18(16)20(23)24/h1-12H,13-14H2. The van der Waals surface area contributed by atoms with Crippen molar-refractivity contribution in [3.63, 3.8) is 0 Å². The monoisotopic (exact) mass is 340 g/mol. The molecular weight excluding hydrogens is 324 g/mol. The third-order valence-electron chi connectivity index (χ3n) is 3.29. The summed E-state index contributed by atoms with van der Waals surface area (Å²) in [5.74, 6) is 0. The van der Waals surface area contributed by atoms with Gasteiger partial charge in [0.15, 0.2) is 0 Å². The van der Waals surface area contributed by atoms with Crippen LogP contribution in [0.5, 0.6) is 0 Å². The van der Waals surface area contributed by atoms with Gasteiger partial charge in [-0.05, 0) is 24.3 Å². The Morgan fingerprint density at radius 2 is 1.16 bits per heavy atom. The zero-order chi connectivity index (χ0) is 18.1. The molecular formula is C18H16N2O5. The van der Waals surface area contributed by atoms with Crippen molar-refractivity contribution in [2.75, 3.05) is 13.2 Å². The maximum atomic E-state index is 10.9. The molecule has 7 nitrogen and oxygen atoms in total. The summed E-state index contributed by atoms with van der Waals surface area (Å²) >= 11 is 0. The maximum absolute atomic E-state index is 10.9. The number of ether oxygens (including phenoxy) is 1. The molecule has 0 bridgehead atoms. The van der Waals surface area contributed by atoms with Crippen molar-refractivity contribution < 1.29 is 14.6 Å². The van der Waals surface area contributed by atoms with Crippen LogP contribution >= 0.6 is 0 Å². The number of nitrogens with zero attached hydrogens (tertiary/aromatic N) is 2. The predicted octanol–water partition coefficient (Wildman–Crippen LogP) is 4.25. The van der Waals surface area contributed by atoms with Gasteiger partial charge in [-0.15, -0.1) is 0 Å². The van der Waals surface area contributed by atoms with Crippen molar-refractivity contribution in [3.05, 3.63) is 92.0 Å². The second kappa shape index (κ2) is 9.09. The van der Waals surface area contributed by atoms with Gasteiger partial charge in [0, 0.05) is 12.1 Å². The molecule has 0 aromatic heterocycles. The van der Waals surface area contributed by atoms with E-state index in [9.17, 15) is 20.2 Å². The van der Waals surface area contributed by atoms with Gasteiger partial charge in [0.1, 0.15) is 0 Å². The smallest absolute Gasteiger partial charge is 0.276 e. The lowest BCUT2D eigenvalue weighted by molar-refractivity contribution is -0.385. The molecule has 0 atom stereocenters. The molecule has 7 heteroatoms. The Hall–Kier alpha value is -3.32. The zero-order valence-electron chi connectivity index (χ0n) is 13.3. The normalized spacial score (nSPS) is 11.2. The maximum Gasteiger partial charge on any atom is 0.276 e. The van der Waals surface area contributed by atoms with Gasteiger partial charge >= 0.3 is 0 Å². The predicted molar refractivity (Wildman–Crippen MR) is 95.1 cm³/mol. The van der Waals surface area contributed by atoms with Gasteiger partial charge in [-0.25, -0.2) is 0 Å². The molecule has 25 heavy (non-hydrogen) atoms. The number of hydrogen-bond acceptors (Lipinski definition) is 5. The molecule has 0 aliphatic rings. The number of para-hydroxylation sites is 2. The van der Waals surface area contributed by atoms with E-state index in [4.69, 9.17) is 4.74 Å². The minimum Gasteiger partial charge on any atom is -0.373 e. The van der Waals surface area contributed by atoms with Crippen molar-refractivity contribution in [1.29, 1.82) is 0 Å². The summed E-state index contributed by atoms with van der Waals surface area (Å²) in [7, 11) is 0. The first kappa shape index (κ1) is 18.0. The number of nitro benzene ring substituents is 2. The molecule has 0 spiro atoms. The van der Waals surface area contributed by atoms with Crippen LogP contribution in [0, 0.1) is 20.2 Å². The minimum atomic E-state index is -0.434. The van der Waals surface area contributed by atoms with Gasteiger partial charge in [-0.3, -0.25) is 20.2 Å². The van der Waals surface area contributed by atoms with E-state index in [1.54, 1.807) is 60.7 Å². The largest absolute Gasteiger partial charge is 0.373 e. The zero-order valence-corrected chi connectivity index (χ0v) is 13.3. The molecule has 0 unspecified atom stereocenters. The van der Waals surface area contributed by atoms with E-state index in [2.05, 4.69) is 0 Å². The van der Waals surface area contributed by atoms with E-state index in [-0.39, 0.29) is 24.6 Å². The summed E-state index contributed by atoms with van der Waals surface area (Å²) in [4.78, 5) is 20.9. The summed E-state index contributed by atoms with van der Waals surface area (Å²) in [6.45, 7) is 0.542.